The van der Waals surface area contributed by atoms with E-state index in [2.05, 4.69) is 5.43 Å². The van der Waals surface area contributed by atoms with E-state index in [1.165, 1.54) is 4.90 Å². The molecule has 3 N–H and O–H groups in total. The molecule has 1 aromatic rings. The summed E-state index contributed by atoms with van der Waals surface area (Å²) in [6, 6.07) is 3.53. The number of nitrogens with zero attached hydrogens (tertiary/aromatic N) is 1. The number of rotatable bonds is 5. The lowest BCUT2D eigenvalue weighted by molar-refractivity contribution is 0.209. The fourth-order valence-electron chi connectivity index (χ4n) is 1.93. The Morgan fingerprint density at radius 1 is 1.37 bits per heavy atom. The molecule has 0 spiro atoms. The Bertz CT molecular complexity index is 449. The summed E-state index contributed by atoms with van der Waals surface area (Å²) in [6.07, 6.45) is 0.678. The molecule has 1 rings (SSSR count). The summed E-state index contributed by atoms with van der Waals surface area (Å²) in [5.74, 6) is 6.66. The van der Waals surface area contributed by atoms with Gasteiger partial charge in [-0.15, -0.1) is 0 Å². The number of nitrogens with two attached hydrogens (primary N) is 1. The Morgan fingerprint density at radius 3 is 2.58 bits per heavy atom. The lowest BCUT2D eigenvalue weighted by Gasteiger charge is -2.18. The van der Waals surface area contributed by atoms with Crippen LogP contribution in [0.5, 0.6) is 11.5 Å². The highest BCUT2D eigenvalue weighted by molar-refractivity contribution is 5.73. The zero-order valence-corrected chi connectivity index (χ0v) is 11.8. The number of benzene rings is 1. The highest BCUT2D eigenvalue weighted by Gasteiger charge is 2.13. The molecule has 0 aliphatic carbocycles. The summed E-state index contributed by atoms with van der Waals surface area (Å²) in [5, 5.41) is 0. The van der Waals surface area contributed by atoms with E-state index < -0.39 is 0 Å². The third kappa shape index (κ3) is 3.51. The second-order valence-corrected chi connectivity index (χ2v) is 4.21. The van der Waals surface area contributed by atoms with Crippen LogP contribution < -0.4 is 20.7 Å². The van der Waals surface area contributed by atoms with Gasteiger partial charge in [0, 0.05) is 19.2 Å². The van der Waals surface area contributed by atoms with Crippen molar-refractivity contribution in [1.82, 2.24) is 10.3 Å². The van der Waals surface area contributed by atoms with Crippen LogP contribution in [-0.4, -0.2) is 38.7 Å². The number of carbonyl (C=O) groups is 1. The first-order valence-corrected chi connectivity index (χ1v) is 5.97. The second-order valence-electron chi connectivity index (χ2n) is 4.21. The van der Waals surface area contributed by atoms with Crippen molar-refractivity contribution < 1.29 is 14.3 Å². The summed E-state index contributed by atoms with van der Waals surface area (Å²) in [6.45, 7) is 2.49. The van der Waals surface area contributed by atoms with Crippen LogP contribution in [0.4, 0.5) is 4.79 Å². The minimum atomic E-state index is -0.316. The van der Waals surface area contributed by atoms with Gasteiger partial charge in [-0.05, 0) is 25.0 Å². The van der Waals surface area contributed by atoms with E-state index in [1.807, 2.05) is 19.1 Å². The van der Waals surface area contributed by atoms with Gasteiger partial charge in [0.2, 0.25) is 0 Å². The first kappa shape index (κ1) is 15.1. The van der Waals surface area contributed by atoms with E-state index in [0.717, 1.165) is 22.6 Å². The van der Waals surface area contributed by atoms with Crippen LogP contribution in [-0.2, 0) is 6.42 Å². The van der Waals surface area contributed by atoms with E-state index in [0.29, 0.717) is 13.0 Å². The maximum absolute atomic E-state index is 11.3. The van der Waals surface area contributed by atoms with Crippen molar-refractivity contribution >= 4 is 6.03 Å². The number of ether oxygens (including phenoxy) is 2. The maximum Gasteiger partial charge on any atom is 0.331 e. The summed E-state index contributed by atoms with van der Waals surface area (Å²) in [4.78, 5) is 12.8. The standard InChI is InChI=1S/C13H21N3O3/c1-9-11(18-3)6-5-10(12(9)19-4)7-8-16(2)13(17)15-14/h5-6H,7-8,14H2,1-4H3,(H,15,17). The number of hydrogen-bond acceptors (Lipinski definition) is 4. The fraction of sp³-hybridized carbons (Fsp3) is 0.462. The monoisotopic (exact) mass is 267 g/mol. The molecule has 0 heterocycles. The molecule has 2 amide bonds. The number of methoxy groups -OCH3 is 2. The smallest absolute Gasteiger partial charge is 0.331 e. The number of hydrogen-bond donors (Lipinski definition) is 2. The van der Waals surface area contributed by atoms with Gasteiger partial charge in [-0.3, -0.25) is 5.43 Å². The van der Waals surface area contributed by atoms with Crippen molar-refractivity contribution in [2.75, 3.05) is 27.8 Å². The lowest BCUT2D eigenvalue weighted by atomic mass is 10.1. The Kier molecular flexibility index (Phi) is 5.44. The van der Waals surface area contributed by atoms with Crippen LogP contribution in [0.2, 0.25) is 0 Å². The lowest BCUT2D eigenvalue weighted by Crippen LogP contribution is -2.42. The number of urea groups is 1. The molecule has 0 atom stereocenters. The third-order valence-electron chi connectivity index (χ3n) is 3.05. The zero-order chi connectivity index (χ0) is 14.4. The number of carbonyl (C=O) groups excluding carboxylic acids is 1. The van der Waals surface area contributed by atoms with Gasteiger partial charge in [-0.1, -0.05) is 6.07 Å². The summed E-state index contributed by atoms with van der Waals surface area (Å²) < 4.78 is 10.7. The van der Waals surface area contributed by atoms with Crippen molar-refractivity contribution in [3.05, 3.63) is 23.3 Å². The molecule has 1 aromatic carbocycles. The highest BCUT2D eigenvalue weighted by Crippen LogP contribution is 2.31. The van der Waals surface area contributed by atoms with Gasteiger partial charge >= 0.3 is 6.03 Å². The first-order chi connectivity index (χ1) is 9.04. The van der Waals surface area contributed by atoms with Gasteiger partial charge in [0.05, 0.1) is 14.2 Å². The molecule has 0 saturated heterocycles. The van der Waals surface area contributed by atoms with Crippen LogP contribution in [0.1, 0.15) is 11.1 Å². The van der Waals surface area contributed by atoms with Crippen molar-refractivity contribution in [2.24, 2.45) is 5.84 Å². The van der Waals surface area contributed by atoms with Crippen molar-refractivity contribution in [1.29, 1.82) is 0 Å². The average Bonchev–Trinajstić information content (AvgIpc) is 2.43. The second kappa shape index (κ2) is 6.84. The van der Waals surface area contributed by atoms with Gasteiger partial charge in [-0.2, -0.15) is 0 Å². The predicted octanol–water partition coefficient (Wildman–Crippen LogP) is 1.07. The largest absolute Gasteiger partial charge is 0.496 e. The van der Waals surface area contributed by atoms with E-state index in [9.17, 15) is 4.79 Å². The molecule has 106 valence electrons. The van der Waals surface area contributed by atoms with E-state index in [-0.39, 0.29) is 6.03 Å². The van der Waals surface area contributed by atoms with Gasteiger partial charge in [-0.25, -0.2) is 10.6 Å². The SMILES string of the molecule is COc1ccc(CCN(C)C(=O)NN)c(OC)c1C. The average molecular weight is 267 g/mol. The first-order valence-electron chi connectivity index (χ1n) is 5.97. The maximum atomic E-state index is 11.3. The molecule has 0 radical (unpaired) electrons. The molecular weight excluding hydrogens is 246 g/mol. The quantitative estimate of drug-likeness (QED) is 0.475. The minimum absolute atomic E-state index is 0.316. The molecule has 0 aromatic heterocycles. The third-order valence-corrected chi connectivity index (χ3v) is 3.05. The summed E-state index contributed by atoms with van der Waals surface area (Å²) in [7, 11) is 4.94. The molecule has 0 aliphatic heterocycles. The zero-order valence-electron chi connectivity index (χ0n) is 11.8. The summed E-state index contributed by atoms with van der Waals surface area (Å²) in [5.41, 5.74) is 4.07. The van der Waals surface area contributed by atoms with Crippen LogP contribution in [0, 0.1) is 6.92 Å². The number of amides is 2. The van der Waals surface area contributed by atoms with E-state index >= 15 is 0 Å². The molecule has 0 bridgehead atoms. The van der Waals surface area contributed by atoms with Crippen molar-refractivity contribution in [3.63, 3.8) is 0 Å². The number of likely N-dealkylation sites (N-methyl/N-ethyl adjacent to an activating group) is 1. The summed E-state index contributed by atoms with van der Waals surface area (Å²) >= 11 is 0. The number of hydrazine groups is 1. The van der Waals surface area contributed by atoms with E-state index in [1.54, 1.807) is 21.3 Å². The molecule has 6 heteroatoms. The minimum Gasteiger partial charge on any atom is -0.496 e. The molecule has 19 heavy (non-hydrogen) atoms. The van der Waals surface area contributed by atoms with Crippen LogP contribution >= 0.6 is 0 Å². The van der Waals surface area contributed by atoms with Crippen LogP contribution in [0.25, 0.3) is 0 Å². The predicted molar refractivity (Wildman–Crippen MR) is 73.3 cm³/mol. The van der Waals surface area contributed by atoms with Crippen LogP contribution in [0.3, 0.4) is 0 Å². The van der Waals surface area contributed by atoms with Crippen molar-refractivity contribution in [2.45, 2.75) is 13.3 Å². The van der Waals surface area contributed by atoms with Gasteiger partial charge < -0.3 is 14.4 Å². The molecule has 0 aliphatic rings. The Labute approximate surface area is 113 Å². The van der Waals surface area contributed by atoms with Crippen LogP contribution in [0.15, 0.2) is 12.1 Å². The van der Waals surface area contributed by atoms with Gasteiger partial charge in [0.1, 0.15) is 11.5 Å². The topological polar surface area (TPSA) is 76.8 Å². The molecule has 6 nitrogen and oxygen atoms in total. The highest BCUT2D eigenvalue weighted by atomic mass is 16.5. The number of nitrogens with one attached hydrogen (secondary N) is 1. The van der Waals surface area contributed by atoms with E-state index in [4.69, 9.17) is 15.3 Å². The molecule has 0 unspecified atom stereocenters. The molecule has 0 saturated carbocycles. The van der Waals surface area contributed by atoms with Gasteiger partial charge in [0.25, 0.3) is 0 Å². The Balaban J connectivity index is 2.84. The normalized spacial score (nSPS) is 9.95. The van der Waals surface area contributed by atoms with Gasteiger partial charge in [0.15, 0.2) is 0 Å². The molecular formula is C13H21N3O3. The molecule has 0 fully saturated rings. The Morgan fingerprint density at radius 2 is 2.05 bits per heavy atom. The fourth-order valence-corrected chi connectivity index (χ4v) is 1.93. The Hall–Kier alpha value is -1.95. The van der Waals surface area contributed by atoms with Crippen molar-refractivity contribution in [3.8, 4) is 11.5 Å².